The topological polar surface area (TPSA) is 72.6 Å². The maximum absolute atomic E-state index is 11.2. The van der Waals surface area contributed by atoms with Gasteiger partial charge in [0.15, 0.2) is 0 Å². The summed E-state index contributed by atoms with van der Waals surface area (Å²) in [5.41, 5.74) is 5.12. The molecule has 0 heterocycles. The van der Waals surface area contributed by atoms with Crippen molar-refractivity contribution < 1.29 is 14.6 Å². The Bertz CT molecular complexity index is 228. The molecule has 1 amide bonds. The van der Waals surface area contributed by atoms with Crippen LogP contribution in [0.2, 0.25) is 0 Å². The van der Waals surface area contributed by atoms with Gasteiger partial charge in [-0.05, 0) is 19.8 Å². The molecule has 1 saturated carbocycles. The highest BCUT2D eigenvalue weighted by molar-refractivity contribution is 6.26. The lowest BCUT2D eigenvalue weighted by Gasteiger charge is -2.37. The Hall–Kier alpha value is -0.320. The molecule has 4 nitrogen and oxygen atoms in total. The standard InChI is InChI=1S/C9H16ClNO3/c1-2-14-9(13,7(11)12)8(10)5-3-4-6-8/h13H,2-6H2,1H3,(H2,11,12). The van der Waals surface area contributed by atoms with Crippen LogP contribution in [0.5, 0.6) is 0 Å². The zero-order valence-corrected chi connectivity index (χ0v) is 9.01. The van der Waals surface area contributed by atoms with Crippen LogP contribution in [0, 0.1) is 0 Å². The van der Waals surface area contributed by atoms with Crippen LogP contribution in [0.4, 0.5) is 0 Å². The molecule has 0 aromatic rings. The fourth-order valence-electron chi connectivity index (χ4n) is 1.90. The zero-order chi connectivity index (χ0) is 10.8. The Morgan fingerprint density at radius 1 is 1.64 bits per heavy atom. The van der Waals surface area contributed by atoms with E-state index in [1.54, 1.807) is 6.92 Å². The number of amides is 1. The van der Waals surface area contributed by atoms with Gasteiger partial charge in [0.25, 0.3) is 11.7 Å². The Morgan fingerprint density at radius 2 is 2.14 bits per heavy atom. The zero-order valence-electron chi connectivity index (χ0n) is 8.25. The highest BCUT2D eigenvalue weighted by Crippen LogP contribution is 2.44. The molecule has 1 aliphatic rings. The van der Waals surface area contributed by atoms with Crippen LogP contribution < -0.4 is 5.73 Å². The van der Waals surface area contributed by atoms with Gasteiger partial charge in [-0.1, -0.05) is 12.8 Å². The van der Waals surface area contributed by atoms with Gasteiger partial charge in [-0.2, -0.15) is 0 Å². The van der Waals surface area contributed by atoms with Crippen LogP contribution in [0.3, 0.4) is 0 Å². The van der Waals surface area contributed by atoms with Crippen LogP contribution >= 0.6 is 11.6 Å². The highest BCUT2D eigenvalue weighted by Gasteiger charge is 2.56. The number of carbonyl (C=O) groups excluding carboxylic acids is 1. The average molecular weight is 222 g/mol. The van der Waals surface area contributed by atoms with Gasteiger partial charge in [-0.25, -0.2) is 0 Å². The van der Waals surface area contributed by atoms with E-state index in [0.717, 1.165) is 12.8 Å². The number of alkyl halides is 1. The van der Waals surface area contributed by atoms with E-state index in [0.29, 0.717) is 12.8 Å². The summed E-state index contributed by atoms with van der Waals surface area (Å²) >= 11 is 6.18. The average Bonchev–Trinajstić information content (AvgIpc) is 2.53. The minimum absolute atomic E-state index is 0.202. The van der Waals surface area contributed by atoms with Crippen molar-refractivity contribution in [1.82, 2.24) is 0 Å². The SMILES string of the molecule is CCOC(O)(C(N)=O)C1(Cl)CCCC1. The van der Waals surface area contributed by atoms with Gasteiger partial charge in [-0.15, -0.1) is 11.6 Å². The summed E-state index contributed by atoms with van der Waals surface area (Å²) in [7, 11) is 0. The molecular weight excluding hydrogens is 206 g/mol. The second-order valence-corrected chi connectivity index (χ2v) is 4.34. The third-order valence-corrected chi connectivity index (χ3v) is 3.32. The van der Waals surface area contributed by atoms with E-state index in [1.807, 2.05) is 0 Å². The number of carbonyl (C=O) groups is 1. The summed E-state index contributed by atoms with van der Waals surface area (Å²) in [5.74, 6) is -2.93. The first-order chi connectivity index (χ1) is 6.46. The van der Waals surface area contributed by atoms with Crippen LogP contribution in [-0.2, 0) is 9.53 Å². The first kappa shape index (κ1) is 11.8. The lowest BCUT2D eigenvalue weighted by atomic mass is 9.95. The lowest BCUT2D eigenvalue weighted by molar-refractivity contribution is -0.218. The number of halogens is 1. The Kier molecular flexibility index (Phi) is 3.40. The van der Waals surface area contributed by atoms with E-state index in [4.69, 9.17) is 22.1 Å². The van der Waals surface area contributed by atoms with Crippen LogP contribution in [0.25, 0.3) is 0 Å². The van der Waals surface area contributed by atoms with E-state index in [9.17, 15) is 9.90 Å². The summed E-state index contributed by atoms with van der Waals surface area (Å²) in [6, 6.07) is 0. The van der Waals surface area contributed by atoms with Gasteiger partial charge >= 0.3 is 0 Å². The fourth-order valence-corrected chi connectivity index (χ4v) is 2.32. The fraction of sp³-hybridized carbons (Fsp3) is 0.889. The van der Waals surface area contributed by atoms with Gasteiger partial charge in [0.1, 0.15) is 4.87 Å². The summed E-state index contributed by atoms with van der Waals surface area (Å²) in [4.78, 5) is 10.1. The maximum Gasteiger partial charge on any atom is 0.279 e. The molecule has 0 spiro atoms. The van der Waals surface area contributed by atoms with Crippen molar-refractivity contribution in [2.45, 2.75) is 43.3 Å². The number of hydrogen-bond acceptors (Lipinski definition) is 3. The van der Waals surface area contributed by atoms with Crippen molar-refractivity contribution in [3.63, 3.8) is 0 Å². The normalized spacial score (nSPS) is 24.5. The lowest BCUT2D eigenvalue weighted by Crippen LogP contribution is -2.59. The van der Waals surface area contributed by atoms with Gasteiger partial charge in [-0.3, -0.25) is 4.79 Å². The Morgan fingerprint density at radius 3 is 2.50 bits per heavy atom. The van der Waals surface area contributed by atoms with Gasteiger partial charge < -0.3 is 15.6 Å². The van der Waals surface area contributed by atoms with Crippen LogP contribution in [-0.4, -0.2) is 28.3 Å². The van der Waals surface area contributed by atoms with E-state index in [1.165, 1.54) is 0 Å². The molecule has 0 aromatic heterocycles. The van der Waals surface area contributed by atoms with E-state index in [-0.39, 0.29) is 6.61 Å². The van der Waals surface area contributed by atoms with Crippen molar-refractivity contribution in [2.75, 3.05) is 6.61 Å². The van der Waals surface area contributed by atoms with Crippen molar-refractivity contribution in [3.8, 4) is 0 Å². The van der Waals surface area contributed by atoms with Crippen LogP contribution in [0.1, 0.15) is 32.6 Å². The second kappa shape index (κ2) is 4.04. The molecule has 14 heavy (non-hydrogen) atoms. The van der Waals surface area contributed by atoms with E-state index >= 15 is 0 Å². The predicted octanol–water partition coefficient (Wildman–Crippen LogP) is 0.748. The molecule has 1 rings (SSSR count). The molecular formula is C9H16ClNO3. The monoisotopic (exact) mass is 221 g/mol. The molecule has 0 aromatic carbocycles. The number of ether oxygens (including phenoxy) is 1. The van der Waals surface area contributed by atoms with Gasteiger partial charge in [0.2, 0.25) is 0 Å². The molecule has 5 heteroatoms. The molecule has 1 unspecified atom stereocenters. The Labute approximate surface area is 88.4 Å². The van der Waals surface area contributed by atoms with Gasteiger partial charge in [0.05, 0.1) is 0 Å². The number of aliphatic hydroxyl groups is 1. The summed E-state index contributed by atoms with van der Waals surface area (Å²) in [6.07, 6.45) is 2.86. The third kappa shape index (κ3) is 1.74. The quantitative estimate of drug-likeness (QED) is 0.544. The molecule has 0 saturated heterocycles. The Balaban J connectivity index is 2.91. The van der Waals surface area contributed by atoms with Gasteiger partial charge in [0, 0.05) is 6.61 Å². The smallest absolute Gasteiger partial charge is 0.279 e. The summed E-state index contributed by atoms with van der Waals surface area (Å²) < 4.78 is 5.03. The minimum Gasteiger partial charge on any atom is -0.365 e. The molecule has 0 aliphatic heterocycles. The number of rotatable bonds is 4. The van der Waals surface area contributed by atoms with Crippen LogP contribution in [0.15, 0.2) is 0 Å². The molecule has 0 radical (unpaired) electrons. The van der Waals surface area contributed by atoms with Crippen molar-refractivity contribution in [3.05, 3.63) is 0 Å². The summed E-state index contributed by atoms with van der Waals surface area (Å²) in [6.45, 7) is 1.89. The van der Waals surface area contributed by atoms with Crippen molar-refractivity contribution >= 4 is 17.5 Å². The minimum atomic E-state index is -2.03. The van der Waals surface area contributed by atoms with Crippen molar-refractivity contribution in [1.29, 1.82) is 0 Å². The van der Waals surface area contributed by atoms with E-state index < -0.39 is 16.6 Å². The first-order valence-corrected chi connectivity index (χ1v) is 5.19. The molecule has 1 fully saturated rings. The second-order valence-electron chi connectivity index (χ2n) is 3.61. The maximum atomic E-state index is 11.2. The molecule has 0 bridgehead atoms. The number of primary amides is 1. The molecule has 1 aliphatic carbocycles. The summed E-state index contributed by atoms with van der Waals surface area (Å²) in [5, 5.41) is 10.0. The largest absolute Gasteiger partial charge is 0.365 e. The molecule has 3 N–H and O–H groups in total. The molecule has 82 valence electrons. The predicted molar refractivity (Wildman–Crippen MR) is 52.8 cm³/mol. The third-order valence-electron chi connectivity index (χ3n) is 2.69. The number of nitrogens with two attached hydrogens (primary N) is 1. The van der Waals surface area contributed by atoms with Crippen molar-refractivity contribution in [2.24, 2.45) is 5.73 Å². The first-order valence-electron chi connectivity index (χ1n) is 4.81. The number of hydrogen-bond donors (Lipinski definition) is 2. The highest BCUT2D eigenvalue weighted by atomic mass is 35.5. The van der Waals surface area contributed by atoms with E-state index in [2.05, 4.69) is 0 Å². The molecule has 1 atom stereocenters.